The molecule has 3 rings (SSSR count). The first-order valence-electron chi connectivity index (χ1n) is 7.24. The van der Waals surface area contributed by atoms with Crippen LogP contribution >= 0.6 is 0 Å². The first kappa shape index (κ1) is 13.8. The summed E-state index contributed by atoms with van der Waals surface area (Å²) in [4.78, 5) is 6.99. The average Bonchev–Trinajstić information content (AvgIpc) is 2.90. The first-order valence-corrected chi connectivity index (χ1v) is 7.24. The molecule has 0 spiro atoms. The predicted molar refractivity (Wildman–Crippen MR) is 84.8 cm³/mol. The second kappa shape index (κ2) is 6.52. The van der Waals surface area contributed by atoms with Crippen LogP contribution in [0, 0.1) is 0 Å². The van der Waals surface area contributed by atoms with Gasteiger partial charge in [0.2, 0.25) is 0 Å². The van der Waals surface area contributed by atoms with E-state index in [-0.39, 0.29) is 0 Å². The van der Waals surface area contributed by atoms with Crippen molar-refractivity contribution in [3.63, 3.8) is 0 Å². The molecule has 0 saturated heterocycles. The highest BCUT2D eigenvalue weighted by Gasteiger charge is 2.09. The highest BCUT2D eigenvalue weighted by molar-refractivity contribution is 5.39. The lowest BCUT2D eigenvalue weighted by Crippen LogP contribution is -2.28. The van der Waals surface area contributed by atoms with Crippen molar-refractivity contribution in [2.75, 3.05) is 13.1 Å². The summed E-state index contributed by atoms with van der Waals surface area (Å²) in [5.41, 5.74) is 9.11. The number of pyridine rings is 1. The van der Waals surface area contributed by atoms with Gasteiger partial charge in [0.05, 0.1) is 5.69 Å². The maximum Gasteiger partial charge on any atom is 0.137 e. The molecule has 0 aliphatic heterocycles. The minimum absolute atomic E-state index is 0.653. The molecule has 0 bridgehead atoms. The van der Waals surface area contributed by atoms with Gasteiger partial charge in [0.15, 0.2) is 0 Å². The van der Waals surface area contributed by atoms with E-state index in [1.807, 2.05) is 30.5 Å². The van der Waals surface area contributed by atoms with Gasteiger partial charge < -0.3 is 10.1 Å². The summed E-state index contributed by atoms with van der Waals surface area (Å²) in [7, 11) is 0. The normalized spacial score (nSPS) is 11.3. The quantitative estimate of drug-likeness (QED) is 0.753. The Hall–Kier alpha value is -2.17. The lowest BCUT2D eigenvalue weighted by molar-refractivity contribution is 0.261. The third-order valence-corrected chi connectivity index (χ3v) is 3.49. The summed E-state index contributed by atoms with van der Waals surface area (Å²) >= 11 is 0. The van der Waals surface area contributed by atoms with Gasteiger partial charge in [-0.25, -0.2) is 4.98 Å². The van der Waals surface area contributed by atoms with Crippen LogP contribution < -0.4 is 5.73 Å². The zero-order valence-electron chi connectivity index (χ0n) is 12.0. The Bertz CT molecular complexity index is 657. The summed E-state index contributed by atoms with van der Waals surface area (Å²) in [5, 5.41) is 0. The van der Waals surface area contributed by atoms with Crippen molar-refractivity contribution >= 4 is 5.65 Å². The van der Waals surface area contributed by atoms with Crippen molar-refractivity contribution in [2.45, 2.75) is 13.1 Å². The minimum atomic E-state index is 0.653. The Morgan fingerprint density at radius 2 is 1.81 bits per heavy atom. The van der Waals surface area contributed by atoms with Crippen molar-refractivity contribution in [1.29, 1.82) is 0 Å². The number of benzene rings is 1. The molecule has 0 fully saturated rings. The summed E-state index contributed by atoms with van der Waals surface area (Å²) in [6.45, 7) is 3.22. The van der Waals surface area contributed by atoms with Gasteiger partial charge in [-0.3, -0.25) is 4.90 Å². The third kappa shape index (κ3) is 3.48. The smallest absolute Gasteiger partial charge is 0.137 e. The first-order chi connectivity index (χ1) is 10.3. The number of hydrogen-bond acceptors (Lipinski definition) is 3. The fraction of sp³-hybridized carbons (Fsp3) is 0.235. The molecule has 21 heavy (non-hydrogen) atoms. The van der Waals surface area contributed by atoms with Crippen LogP contribution in [-0.4, -0.2) is 27.4 Å². The molecule has 0 aliphatic rings. The van der Waals surface area contributed by atoms with Crippen LogP contribution in [0.15, 0.2) is 60.9 Å². The molecule has 0 atom stereocenters. The fourth-order valence-electron chi connectivity index (χ4n) is 2.53. The predicted octanol–water partition coefficient (Wildman–Crippen LogP) is 2.30. The van der Waals surface area contributed by atoms with Crippen molar-refractivity contribution in [3.8, 4) is 0 Å². The summed E-state index contributed by atoms with van der Waals surface area (Å²) in [6, 6.07) is 16.5. The molecule has 2 heterocycles. The highest BCUT2D eigenvalue weighted by atomic mass is 15.1. The zero-order chi connectivity index (χ0) is 14.5. The Balaban J connectivity index is 1.75. The second-order valence-electron chi connectivity index (χ2n) is 5.18. The van der Waals surface area contributed by atoms with Crippen LogP contribution in [-0.2, 0) is 13.1 Å². The number of nitrogens with two attached hydrogens (primary N) is 1. The molecule has 1 aromatic carbocycles. The minimum Gasteiger partial charge on any atom is -0.329 e. The molecular formula is C17H20N4. The monoisotopic (exact) mass is 280 g/mol. The van der Waals surface area contributed by atoms with E-state index in [4.69, 9.17) is 5.73 Å². The molecule has 4 heteroatoms. The third-order valence-electron chi connectivity index (χ3n) is 3.49. The number of aromatic nitrogens is 2. The van der Waals surface area contributed by atoms with Gasteiger partial charge in [0.1, 0.15) is 5.65 Å². The van der Waals surface area contributed by atoms with Gasteiger partial charge in [0, 0.05) is 38.6 Å². The van der Waals surface area contributed by atoms with Gasteiger partial charge in [0.25, 0.3) is 0 Å². The summed E-state index contributed by atoms with van der Waals surface area (Å²) in [6.07, 6.45) is 4.11. The van der Waals surface area contributed by atoms with Gasteiger partial charge in [-0.1, -0.05) is 36.4 Å². The summed E-state index contributed by atoms with van der Waals surface area (Å²) in [5.74, 6) is 0. The van der Waals surface area contributed by atoms with E-state index >= 15 is 0 Å². The molecule has 2 aromatic heterocycles. The van der Waals surface area contributed by atoms with Crippen molar-refractivity contribution in [3.05, 3.63) is 72.2 Å². The average molecular weight is 280 g/mol. The molecule has 0 radical (unpaired) electrons. The number of hydrogen-bond donors (Lipinski definition) is 1. The lowest BCUT2D eigenvalue weighted by atomic mass is 10.2. The summed E-state index contributed by atoms with van der Waals surface area (Å²) < 4.78 is 2.05. The van der Waals surface area contributed by atoms with Crippen LogP contribution in [0.1, 0.15) is 11.3 Å². The number of rotatable bonds is 6. The van der Waals surface area contributed by atoms with E-state index in [2.05, 4.69) is 44.7 Å². The standard InChI is InChI=1S/C17H20N4/c18-9-11-20(12-15-6-2-1-3-7-15)13-16-14-21-10-5-4-8-17(21)19-16/h1-8,10,14H,9,11-13,18H2. The Morgan fingerprint density at radius 3 is 2.57 bits per heavy atom. The van der Waals surface area contributed by atoms with E-state index in [0.717, 1.165) is 31.0 Å². The highest BCUT2D eigenvalue weighted by Crippen LogP contribution is 2.10. The van der Waals surface area contributed by atoms with Gasteiger partial charge >= 0.3 is 0 Å². The second-order valence-corrected chi connectivity index (χ2v) is 5.18. The van der Waals surface area contributed by atoms with E-state index in [9.17, 15) is 0 Å². The maximum absolute atomic E-state index is 5.74. The van der Waals surface area contributed by atoms with Gasteiger partial charge in [-0.05, 0) is 17.7 Å². The zero-order valence-corrected chi connectivity index (χ0v) is 12.0. The molecular weight excluding hydrogens is 260 g/mol. The van der Waals surface area contributed by atoms with Crippen LogP contribution in [0.2, 0.25) is 0 Å². The van der Waals surface area contributed by atoms with E-state index in [1.165, 1.54) is 5.56 Å². The topological polar surface area (TPSA) is 46.6 Å². The number of fused-ring (bicyclic) bond motifs is 1. The van der Waals surface area contributed by atoms with E-state index in [0.29, 0.717) is 6.54 Å². The SMILES string of the molecule is NCCN(Cc1ccccc1)Cc1cn2ccccc2n1. The van der Waals surface area contributed by atoms with E-state index in [1.54, 1.807) is 0 Å². The van der Waals surface area contributed by atoms with Crippen LogP contribution in [0.25, 0.3) is 5.65 Å². The Kier molecular flexibility index (Phi) is 4.28. The lowest BCUT2D eigenvalue weighted by Gasteiger charge is -2.20. The molecule has 0 amide bonds. The molecule has 4 nitrogen and oxygen atoms in total. The van der Waals surface area contributed by atoms with Crippen LogP contribution in [0.4, 0.5) is 0 Å². The molecule has 0 saturated carbocycles. The molecule has 3 aromatic rings. The molecule has 0 aliphatic carbocycles. The maximum atomic E-state index is 5.74. The van der Waals surface area contributed by atoms with Crippen molar-refractivity contribution < 1.29 is 0 Å². The van der Waals surface area contributed by atoms with Crippen LogP contribution in [0.3, 0.4) is 0 Å². The Labute approximate surface area is 124 Å². The molecule has 0 unspecified atom stereocenters. The van der Waals surface area contributed by atoms with Crippen LogP contribution in [0.5, 0.6) is 0 Å². The largest absolute Gasteiger partial charge is 0.329 e. The Morgan fingerprint density at radius 1 is 1.00 bits per heavy atom. The number of imidazole rings is 1. The molecule has 2 N–H and O–H groups in total. The van der Waals surface area contributed by atoms with Gasteiger partial charge in [-0.2, -0.15) is 0 Å². The van der Waals surface area contributed by atoms with Crippen molar-refractivity contribution in [1.82, 2.24) is 14.3 Å². The fourth-order valence-corrected chi connectivity index (χ4v) is 2.53. The molecule has 108 valence electrons. The number of nitrogens with zero attached hydrogens (tertiary/aromatic N) is 3. The van der Waals surface area contributed by atoms with E-state index < -0.39 is 0 Å². The van der Waals surface area contributed by atoms with Gasteiger partial charge in [-0.15, -0.1) is 0 Å². The van der Waals surface area contributed by atoms with Crippen molar-refractivity contribution in [2.24, 2.45) is 5.73 Å².